The van der Waals surface area contributed by atoms with E-state index < -0.39 is 42.5 Å². The van der Waals surface area contributed by atoms with Gasteiger partial charge in [0.05, 0.1) is 17.0 Å². The fourth-order valence-electron chi connectivity index (χ4n) is 3.32. The average molecular weight is 497 g/mol. The Labute approximate surface area is 193 Å². The van der Waals surface area contributed by atoms with Crippen molar-refractivity contribution in [2.45, 2.75) is 18.0 Å². The monoisotopic (exact) mass is 496 g/mol. The quantitative estimate of drug-likeness (QED) is 0.137. The Morgan fingerprint density at radius 3 is 2.97 bits per heavy atom. The summed E-state index contributed by atoms with van der Waals surface area (Å²) in [4.78, 5) is 47.1. The standard InChI is InChI=1S/C18H17FN6O6S2/c19-1-3-31-23-11(10-6-30-18(20)21-10)14(26)22-12-15(27)25-13(17(28)29)9(7-33-16(12)25)5-24-2-4-32-8-24/h2,4,6,8,12,16H,1,3,5,7H2,(H3-,20,21,22,26,28,29)/b23-11-/t12-,16-/m1/s1. The van der Waals surface area contributed by atoms with Crippen LogP contribution in [0.4, 0.5) is 10.4 Å². The number of anilines is 1. The Morgan fingerprint density at radius 2 is 2.33 bits per heavy atom. The highest BCUT2D eigenvalue weighted by atomic mass is 32.2. The molecule has 0 bridgehead atoms. The van der Waals surface area contributed by atoms with Gasteiger partial charge in [0.25, 0.3) is 17.8 Å². The number of nitrogens with two attached hydrogens (primary N) is 1. The number of fused-ring (bicyclic) bond motifs is 1. The van der Waals surface area contributed by atoms with E-state index in [0.717, 1.165) is 11.2 Å². The van der Waals surface area contributed by atoms with Gasteiger partial charge in [-0.3, -0.25) is 14.5 Å². The van der Waals surface area contributed by atoms with Crippen LogP contribution in [0.3, 0.4) is 0 Å². The van der Waals surface area contributed by atoms with E-state index in [2.05, 4.69) is 15.5 Å². The molecule has 2 atom stereocenters. The summed E-state index contributed by atoms with van der Waals surface area (Å²) in [7, 11) is 0. The number of carbonyl (C=O) groups excluding carboxylic acids is 3. The number of carbonyl (C=O) groups is 3. The maximum absolute atomic E-state index is 12.8. The minimum atomic E-state index is -1.47. The number of nitrogen functional groups attached to an aromatic ring is 1. The van der Waals surface area contributed by atoms with Crippen molar-refractivity contribution in [2.75, 3.05) is 24.8 Å². The van der Waals surface area contributed by atoms with Crippen molar-refractivity contribution in [1.29, 1.82) is 0 Å². The Hall–Kier alpha value is -3.46. The van der Waals surface area contributed by atoms with Crippen molar-refractivity contribution in [3.05, 3.63) is 40.3 Å². The lowest BCUT2D eigenvalue weighted by Gasteiger charge is -2.50. The smallest absolute Gasteiger partial charge is 0.292 e. The summed E-state index contributed by atoms with van der Waals surface area (Å²) >= 11 is 2.76. The lowest BCUT2D eigenvalue weighted by atomic mass is 10.0. The molecule has 3 N–H and O–H groups in total. The number of thioether (sulfide) groups is 1. The number of nitrogens with zero attached hydrogens (tertiary/aromatic N) is 4. The van der Waals surface area contributed by atoms with Gasteiger partial charge in [-0.2, -0.15) is 9.55 Å². The predicted octanol–water partition coefficient (Wildman–Crippen LogP) is -1.60. The molecule has 1 saturated heterocycles. The number of alkyl halides is 1. The summed E-state index contributed by atoms with van der Waals surface area (Å²) in [5, 5.41) is 19.1. The molecule has 0 radical (unpaired) electrons. The number of hydrogen-bond acceptors (Lipinski definition) is 11. The molecule has 4 heterocycles. The molecule has 2 aliphatic rings. The molecule has 2 aromatic heterocycles. The number of oxime groups is 1. The molecule has 2 amide bonds. The molecular weight excluding hydrogens is 479 g/mol. The first kappa shape index (κ1) is 22.7. The average Bonchev–Trinajstić information content (AvgIpc) is 3.46. The molecule has 1 fully saturated rings. The number of oxazole rings is 1. The normalized spacial score (nSPS) is 20.3. The summed E-state index contributed by atoms with van der Waals surface area (Å²) in [5.41, 5.74) is 7.13. The van der Waals surface area contributed by atoms with Crippen LogP contribution in [-0.2, 0) is 25.8 Å². The summed E-state index contributed by atoms with van der Waals surface area (Å²) in [6.07, 6.45) is 2.85. The van der Waals surface area contributed by atoms with Crippen LogP contribution in [0.15, 0.2) is 44.2 Å². The second kappa shape index (κ2) is 9.58. The largest absolute Gasteiger partial charge is 0.543 e. The van der Waals surface area contributed by atoms with Crippen LogP contribution in [-0.4, -0.2) is 63.8 Å². The van der Waals surface area contributed by atoms with Gasteiger partial charge < -0.3 is 30.2 Å². The van der Waals surface area contributed by atoms with Gasteiger partial charge in [0.15, 0.2) is 18.5 Å². The number of nitrogens with one attached hydrogen (secondary N) is 1. The highest BCUT2D eigenvalue weighted by Gasteiger charge is 2.53. The van der Waals surface area contributed by atoms with Crippen molar-refractivity contribution < 1.29 is 37.7 Å². The Bertz CT molecular complexity index is 1130. The number of halogens is 1. The van der Waals surface area contributed by atoms with Crippen LogP contribution < -0.4 is 20.7 Å². The zero-order valence-electron chi connectivity index (χ0n) is 16.8. The molecule has 2 aromatic rings. The molecule has 0 aliphatic carbocycles. The molecule has 33 heavy (non-hydrogen) atoms. The number of carboxylic acid groups (broad SMARTS) is 1. The van der Waals surface area contributed by atoms with Crippen molar-refractivity contribution in [2.24, 2.45) is 5.16 Å². The van der Waals surface area contributed by atoms with Gasteiger partial charge in [-0.1, -0.05) is 16.5 Å². The number of amides is 2. The third-order valence-corrected chi connectivity index (χ3v) is 6.74. The molecule has 2 aliphatic heterocycles. The molecule has 15 heteroatoms. The van der Waals surface area contributed by atoms with Crippen LogP contribution in [0.1, 0.15) is 5.69 Å². The Kier molecular flexibility index (Phi) is 6.60. The first-order chi connectivity index (χ1) is 15.9. The lowest BCUT2D eigenvalue weighted by Crippen LogP contribution is -2.71. The molecule has 0 saturated carbocycles. The van der Waals surface area contributed by atoms with E-state index in [1.54, 1.807) is 10.8 Å². The van der Waals surface area contributed by atoms with E-state index >= 15 is 0 Å². The number of aromatic nitrogens is 2. The van der Waals surface area contributed by atoms with Gasteiger partial charge in [-0.15, -0.1) is 11.8 Å². The highest BCUT2D eigenvalue weighted by Crippen LogP contribution is 2.40. The van der Waals surface area contributed by atoms with E-state index in [4.69, 9.17) is 15.0 Å². The molecule has 0 aromatic carbocycles. The maximum Gasteiger partial charge on any atom is 0.292 e. The highest BCUT2D eigenvalue weighted by molar-refractivity contribution is 8.00. The summed E-state index contributed by atoms with van der Waals surface area (Å²) in [6, 6.07) is -1.26. The number of rotatable bonds is 9. The minimum Gasteiger partial charge on any atom is -0.543 e. The predicted molar refractivity (Wildman–Crippen MR) is 111 cm³/mol. The number of carboxylic acids is 1. The Morgan fingerprint density at radius 1 is 1.52 bits per heavy atom. The van der Waals surface area contributed by atoms with E-state index in [-0.39, 0.29) is 23.1 Å². The minimum absolute atomic E-state index is 0.0748. The SMILES string of the molecule is Nc1nc(/C(=N/OCCF)C(=O)N[C@@H]2C(=O)N3C(C(=O)[O-])=C(C[n+]4ccsc4)CS[C@H]23)co1. The zero-order valence-corrected chi connectivity index (χ0v) is 18.4. The second-order valence-corrected chi connectivity index (χ2v) is 8.69. The number of hydrogen-bond donors (Lipinski definition) is 2. The fourth-order valence-corrected chi connectivity index (χ4v) is 5.25. The third-order valence-electron chi connectivity index (χ3n) is 4.73. The summed E-state index contributed by atoms with van der Waals surface area (Å²) in [6.45, 7) is -0.939. The number of aliphatic carboxylic acids is 1. The molecule has 12 nitrogen and oxygen atoms in total. The fraction of sp³-hybridized carbons (Fsp3) is 0.333. The van der Waals surface area contributed by atoms with Crippen LogP contribution in [0.2, 0.25) is 0 Å². The van der Waals surface area contributed by atoms with Crippen LogP contribution >= 0.6 is 23.1 Å². The van der Waals surface area contributed by atoms with Crippen LogP contribution in [0.5, 0.6) is 0 Å². The van der Waals surface area contributed by atoms with E-state index in [1.165, 1.54) is 23.1 Å². The van der Waals surface area contributed by atoms with E-state index in [1.807, 2.05) is 10.9 Å². The van der Waals surface area contributed by atoms with Gasteiger partial charge in [0.1, 0.15) is 36.7 Å². The molecule has 174 valence electrons. The number of β-lactam (4-membered cyclic amide) rings is 1. The third kappa shape index (κ3) is 4.54. The summed E-state index contributed by atoms with van der Waals surface area (Å²) in [5.74, 6) is -2.60. The first-order valence-corrected chi connectivity index (χ1v) is 11.5. The molecular formula is C18H17FN6O6S2. The van der Waals surface area contributed by atoms with Crippen LogP contribution in [0.25, 0.3) is 0 Å². The van der Waals surface area contributed by atoms with Gasteiger partial charge >= 0.3 is 0 Å². The molecule has 0 unspecified atom stereocenters. The van der Waals surface area contributed by atoms with Crippen molar-refractivity contribution in [3.63, 3.8) is 0 Å². The van der Waals surface area contributed by atoms with Crippen molar-refractivity contribution in [1.82, 2.24) is 15.2 Å². The van der Waals surface area contributed by atoms with Crippen LogP contribution in [0, 0.1) is 0 Å². The summed E-state index contributed by atoms with van der Waals surface area (Å²) < 4.78 is 19.0. The lowest BCUT2D eigenvalue weighted by molar-refractivity contribution is -0.684. The van der Waals surface area contributed by atoms with Crippen molar-refractivity contribution in [3.8, 4) is 0 Å². The van der Waals surface area contributed by atoms with Gasteiger partial charge in [-0.05, 0) is 0 Å². The topological polar surface area (TPSA) is 167 Å². The van der Waals surface area contributed by atoms with Gasteiger partial charge in [0.2, 0.25) is 5.51 Å². The zero-order chi connectivity index (χ0) is 23.5. The van der Waals surface area contributed by atoms with E-state index in [0.29, 0.717) is 17.9 Å². The van der Waals surface area contributed by atoms with Gasteiger partial charge in [0, 0.05) is 11.3 Å². The van der Waals surface area contributed by atoms with E-state index in [9.17, 15) is 23.9 Å². The Balaban J connectivity index is 1.52. The van der Waals surface area contributed by atoms with Gasteiger partial charge in [-0.25, -0.2) is 4.39 Å². The maximum atomic E-state index is 12.8. The molecule has 0 spiro atoms. The second-order valence-electron chi connectivity index (χ2n) is 6.83. The first-order valence-electron chi connectivity index (χ1n) is 9.48. The van der Waals surface area contributed by atoms with Crippen molar-refractivity contribution >= 4 is 52.6 Å². The number of thiazole rings is 1. The molecule has 4 rings (SSSR count).